The summed E-state index contributed by atoms with van der Waals surface area (Å²) in [5.41, 5.74) is -2.60. The summed E-state index contributed by atoms with van der Waals surface area (Å²) in [6.07, 6.45) is -3.39. The number of carbonyl (C=O) groups is 1. The van der Waals surface area contributed by atoms with Crippen LogP contribution in [0.3, 0.4) is 0 Å². The predicted octanol–water partition coefficient (Wildman–Crippen LogP) is 6.88. The molecule has 3 aromatic heterocycles. The molecule has 6 rings (SSSR count). The van der Waals surface area contributed by atoms with Gasteiger partial charge in [-0.15, -0.1) is 0 Å². The van der Waals surface area contributed by atoms with Gasteiger partial charge < -0.3 is 10.4 Å². The fourth-order valence-electron chi connectivity index (χ4n) is 6.60. The van der Waals surface area contributed by atoms with E-state index in [0.717, 1.165) is 18.4 Å². The number of nitrogens with one attached hydrogen (secondary N) is 3. The molecule has 2 atom stereocenters. The van der Waals surface area contributed by atoms with Gasteiger partial charge in [0.15, 0.2) is 5.82 Å². The fraction of sp³-hybridized carbons (Fsp3) is 0.333. The van der Waals surface area contributed by atoms with Crippen molar-refractivity contribution in [3.05, 3.63) is 93.0 Å². The lowest BCUT2D eigenvalue weighted by Crippen LogP contribution is -2.35. The van der Waals surface area contributed by atoms with Crippen LogP contribution in [0.4, 0.5) is 32.2 Å². The number of rotatable bonds is 10. The number of aliphatic hydroxyl groups is 1. The molecule has 3 heterocycles. The number of halogens is 7. The molecule has 290 valence electrons. The number of pyridine rings is 1. The molecular weight excluding hydrogens is 776 g/mol. The Morgan fingerprint density at radius 1 is 1.13 bits per heavy atom. The Morgan fingerprint density at radius 3 is 2.44 bits per heavy atom. The van der Waals surface area contributed by atoms with E-state index >= 15 is 8.78 Å². The average molecular weight is 808 g/mol. The van der Waals surface area contributed by atoms with Crippen LogP contribution in [0.25, 0.3) is 22.0 Å². The highest BCUT2D eigenvalue weighted by Crippen LogP contribution is 2.51. The summed E-state index contributed by atoms with van der Waals surface area (Å²) in [6, 6.07) is 7.33. The Kier molecular flexibility index (Phi) is 10.4. The van der Waals surface area contributed by atoms with Gasteiger partial charge >= 0.3 is 0 Å². The number of hydrogen-bond acceptors (Lipinski definition) is 7. The van der Waals surface area contributed by atoms with Crippen molar-refractivity contribution < 1.29 is 44.7 Å². The van der Waals surface area contributed by atoms with Gasteiger partial charge in [0.1, 0.15) is 40.9 Å². The molecule has 0 radical (unpaired) electrons. The van der Waals surface area contributed by atoms with Crippen LogP contribution < -0.4 is 10.0 Å². The van der Waals surface area contributed by atoms with Crippen LogP contribution in [0, 0.1) is 23.5 Å². The second-order valence-electron chi connectivity index (χ2n) is 13.7. The van der Waals surface area contributed by atoms with Crippen molar-refractivity contribution in [2.45, 2.75) is 70.1 Å². The molecule has 0 fully saturated rings. The summed E-state index contributed by atoms with van der Waals surface area (Å²) in [7, 11) is -3.82. The normalized spacial score (nSPS) is 15.8. The number of anilines is 1. The molecule has 5 aromatic rings. The molecule has 19 heteroatoms. The van der Waals surface area contributed by atoms with Crippen molar-refractivity contribution >= 4 is 44.3 Å². The van der Waals surface area contributed by atoms with Crippen LogP contribution in [-0.4, -0.2) is 56.3 Å². The van der Waals surface area contributed by atoms with Crippen LogP contribution in [0.5, 0.6) is 0 Å². The molecule has 4 N–H and O–H groups in total. The van der Waals surface area contributed by atoms with Gasteiger partial charge in [0.25, 0.3) is 12.3 Å². The van der Waals surface area contributed by atoms with Crippen molar-refractivity contribution in [2.24, 2.45) is 0 Å². The molecule has 0 bridgehead atoms. The number of hydrogen-bond donors (Lipinski definition) is 4. The first-order valence-corrected chi connectivity index (χ1v) is 18.8. The quantitative estimate of drug-likeness (QED) is 0.0886. The number of H-pyrrole nitrogens is 1. The molecular formula is C36H32ClF6N7O4S. The van der Waals surface area contributed by atoms with E-state index < -0.39 is 81.8 Å². The van der Waals surface area contributed by atoms with Gasteiger partial charge in [-0.05, 0) is 68.0 Å². The monoisotopic (exact) mass is 807 g/mol. The van der Waals surface area contributed by atoms with Crippen molar-refractivity contribution in [3.63, 3.8) is 0 Å². The highest BCUT2D eigenvalue weighted by molar-refractivity contribution is 7.92. The number of carbonyl (C=O) groups excluding carboxylic acids is 1. The van der Waals surface area contributed by atoms with Crippen molar-refractivity contribution in [1.82, 2.24) is 30.3 Å². The second-order valence-corrected chi connectivity index (χ2v) is 15.9. The van der Waals surface area contributed by atoms with Gasteiger partial charge in [0.05, 0.1) is 33.9 Å². The molecule has 0 aliphatic heterocycles. The first-order valence-electron chi connectivity index (χ1n) is 16.5. The van der Waals surface area contributed by atoms with E-state index in [-0.39, 0.29) is 56.2 Å². The Morgan fingerprint density at radius 2 is 1.80 bits per heavy atom. The highest BCUT2D eigenvalue weighted by Gasteiger charge is 2.50. The Labute approximate surface area is 315 Å². The van der Waals surface area contributed by atoms with E-state index in [1.54, 1.807) is 6.07 Å². The van der Waals surface area contributed by atoms with Gasteiger partial charge in [-0.3, -0.25) is 19.3 Å². The van der Waals surface area contributed by atoms with Gasteiger partial charge in [-0.2, -0.15) is 19.0 Å². The molecule has 0 saturated carbocycles. The minimum absolute atomic E-state index is 0.00863. The first kappa shape index (κ1) is 39.6. The smallest absolute Gasteiger partial charge is 0.290 e. The number of aromatic nitrogens is 5. The lowest BCUT2D eigenvalue weighted by Gasteiger charge is -2.23. The zero-order valence-corrected chi connectivity index (χ0v) is 31.0. The summed E-state index contributed by atoms with van der Waals surface area (Å²) in [5, 5.41) is 23.7. The number of alkyl halides is 4. The Balaban J connectivity index is 1.52. The minimum atomic E-state index is -3.82. The molecule has 2 aromatic carbocycles. The average Bonchev–Trinajstić information content (AvgIpc) is 3.71. The molecule has 0 saturated heterocycles. The maximum absolute atomic E-state index is 15.2. The van der Waals surface area contributed by atoms with E-state index in [1.165, 1.54) is 39.0 Å². The Bertz CT molecular complexity index is 2490. The third-order valence-electron chi connectivity index (χ3n) is 8.61. The van der Waals surface area contributed by atoms with E-state index in [0.29, 0.717) is 16.3 Å². The zero-order chi connectivity index (χ0) is 40.2. The van der Waals surface area contributed by atoms with Gasteiger partial charge in [-0.25, -0.2) is 31.0 Å². The largest absolute Gasteiger partial charge is 0.378 e. The highest BCUT2D eigenvalue weighted by atomic mass is 35.5. The lowest BCUT2D eigenvalue weighted by molar-refractivity contribution is -0.122. The molecule has 1 aliphatic rings. The predicted molar refractivity (Wildman–Crippen MR) is 191 cm³/mol. The lowest BCUT2D eigenvalue weighted by atomic mass is 9.93. The number of fused-ring (bicyclic) bond motifs is 2. The van der Waals surface area contributed by atoms with Crippen LogP contribution in [0.1, 0.15) is 79.5 Å². The summed E-state index contributed by atoms with van der Waals surface area (Å²) >= 11 is 6.49. The van der Waals surface area contributed by atoms with Crippen LogP contribution in [-0.2, 0) is 33.7 Å². The van der Waals surface area contributed by atoms with Gasteiger partial charge in [0.2, 0.25) is 15.9 Å². The molecule has 1 amide bonds. The summed E-state index contributed by atoms with van der Waals surface area (Å²) < 4.78 is 114. The van der Waals surface area contributed by atoms with Gasteiger partial charge in [-0.1, -0.05) is 30.5 Å². The van der Waals surface area contributed by atoms with Crippen LogP contribution in [0.15, 0.2) is 42.5 Å². The first-order chi connectivity index (χ1) is 25.6. The van der Waals surface area contributed by atoms with E-state index in [1.807, 2.05) is 0 Å². The van der Waals surface area contributed by atoms with Crippen molar-refractivity contribution in [3.8, 4) is 23.0 Å². The third kappa shape index (κ3) is 8.58. The van der Waals surface area contributed by atoms with Crippen molar-refractivity contribution in [2.75, 3.05) is 11.0 Å². The van der Waals surface area contributed by atoms with E-state index in [4.69, 9.17) is 11.6 Å². The topological polar surface area (TPSA) is 155 Å². The number of aromatic amines is 1. The summed E-state index contributed by atoms with van der Waals surface area (Å²) in [6.45, 7) is 3.28. The molecule has 1 unspecified atom stereocenters. The summed E-state index contributed by atoms with van der Waals surface area (Å²) in [4.78, 5) is 18.5. The van der Waals surface area contributed by atoms with E-state index in [9.17, 15) is 35.9 Å². The minimum Gasteiger partial charge on any atom is -0.378 e. The molecule has 11 nitrogen and oxygen atoms in total. The number of sulfonamides is 1. The standard InChI is InChI=1S/C36H32ClF6N7O4S/c1-17-15-36(42,43)32-27(17)31(33(40)41)48-50(32)16-26(51)45-25(13-18-11-19(38)14-20(39)12-18)29-22(6-5-21(44-29)9-10-35(2,3)52)23-7-8-24(37)28-30(23)46-47-34(28)49-55(4,53)54/h5-8,11-12,14,17,25,33,52H,13,15-16H2,1-4H3,(H,45,51)(H2,46,47,49)/t17-,25?/m0/s1. The maximum Gasteiger partial charge on any atom is 0.290 e. The Hall–Kier alpha value is -5.12. The zero-order valence-electron chi connectivity index (χ0n) is 29.4. The maximum atomic E-state index is 15.2. The van der Waals surface area contributed by atoms with E-state index in [2.05, 4.69) is 42.2 Å². The number of amides is 1. The van der Waals surface area contributed by atoms with Crippen molar-refractivity contribution in [1.29, 1.82) is 0 Å². The van der Waals surface area contributed by atoms with Crippen LogP contribution in [0.2, 0.25) is 5.02 Å². The van der Waals surface area contributed by atoms with Gasteiger partial charge in [0, 0.05) is 29.2 Å². The SMILES string of the molecule is C[C@H]1CC(F)(F)c2c1c(C(F)F)nn2CC(=O)NC(Cc1cc(F)cc(F)c1)c1nc(C#CC(C)(C)O)ccc1-c1ccc(Cl)c2c(NS(C)(=O)=O)n[nH]c12. The molecule has 0 spiro atoms. The number of benzene rings is 2. The molecule has 1 aliphatic carbocycles. The second kappa shape index (κ2) is 14.5. The third-order valence-corrected chi connectivity index (χ3v) is 9.49. The fourth-order valence-corrected chi connectivity index (χ4v) is 7.35. The summed E-state index contributed by atoms with van der Waals surface area (Å²) in [5.74, 6) is -2.18. The molecule has 55 heavy (non-hydrogen) atoms. The van der Waals surface area contributed by atoms with Crippen LogP contribution >= 0.6 is 11.6 Å². The number of nitrogens with zero attached hydrogens (tertiary/aromatic N) is 4.